The highest BCUT2D eigenvalue weighted by atomic mass is 16.2. The van der Waals surface area contributed by atoms with E-state index in [1.807, 2.05) is 5.32 Å². The first kappa shape index (κ1) is 10.5. The molecule has 76 valence electrons. The van der Waals surface area contributed by atoms with E-state index in [-0.39, 0.29) is 0 Å². The third kappa shape index (κ3) is 3.00. The smallest absolute Gasteiger partial charge is 0.316 e. The van der Waals surface area contributed by atoms with Crippen LogP contribution in [-0.4, -0.2) is 11.9 Å². The van der Waals surface area contributed by atoms with Gasteiger partial charge in [0, 0.05) is 11.3 Å². The number of nitrogens with one attached hydrogen (secondary N) is 2. The Labute approximate surface area is 85.7 Å². The summed E-state index contributed by atoms with van der Waals surface area (Å²) in [5, 5.41) is 12.5. The Morgan fingerprint density at radius 3 is 2.33 bits per heavy atom. The minimum atomic E-state index is -0.677. The van der Waals surface area contributed by atoms with E-state index in [2.05, 4.69) is 5.32 Å². The van der Waals surface area contributed by atoms with Crippen molar-refractivity contribution >= 4 is 17.6 Å². The fourth-order valence-corrected chi connectivity index (χ4v) is 0.970. The van der Waals surface area contributed by atoms with Crippen LogP contribution in [0.25, 0.3) is 0 Å². The molecule has 6 nitrogen and oxygen atoms in total. The molecule has 15 heavy (non-hydrogen) atoms. The van der Waals surface area contributed by atoms with Gasteiger partial charge in [-0.1, -0.05) is 0 Å². The van der Waals surface area contributed by atoms with Crippen LogP contribution >= 0.6 is 0 Å². The normalized spacial score (nSPS) is 8.73. The summed E-state index contributed by atoms with van der Waals surface area (Å²) in [5.41, 5.74) is 5.71. The number of carbonyl (C=O) groups is 2. The van der Waals surface area contributed by atoms with Crippen molar-refractivity contribution in [1.29, 1.82) is 5.26 Å². The van der Waals surface area contributed by atoms with E-state index >= 15 is 0 Å². The fourth-order valence-electron chi connectivity index (χ4n) is 0.970. The molecule has 4 N–H and O–H groups in total. The lowest BCUT2D eigenvalue weighted by atomic mass is 10.2. The van der Waals surface area contributed by atoms with Crippen molar-refractivity contribution in [2.45, 2.75) is 0 Å². The predicted molar refractivity (Wildman–Crippen MR) is 52.7 cm³/mol. The van der Waals surface area contributed by atoms with Crippen LogP contribution in [-0.2, 0) is 0 Å². The molecule has 0 aliphatic heterocycles. The number of hydrogen-bond acceptors (Lipinski definition) is 3. The number of anilines is 1. The van der Waals surface area contributed by atoms with E-state index in [9.17, 15) is 9.59 Å². The van der Waals surface area contributed by atoms with Gasteiger partial charge in [0.15, 0.2) is 6.19 Å². The van der Waals surface area contributed by atoms with Gasteiger partial charge in [-0.25, -0.2) is 4.79 Å². The summed E-state index contributed by atoms with van der Waals surface area (Å²) in [6, 6.07) is 5.29. The minimum Gasteiger partial charge on any atom is -0.351 e. The Hall–Kier alpha value is -2.55. The standard InChI is InChI=1S/C9H8N4O2/c10-5-12-8(14)6-1-3-7(4-2-6)13-9(11)15/h1-4H,(H,12,14)(H3,11,13,15). The lowest BCUT2D eigenvalue weighted by Gasteiger charge is -2.02. The summed E-state index contributed by atoms with van der Waals surface area (Å²) < 4.78 is 0. The second-order valence-corrected chi connectivity index (χ2v) is 2.63. The SMILES string of the molecule is N#CNC(=O)c1ccc(NC(N)=O)cc1. The highest BCUT2D eigenvalue weighted by Gasteiger charge is 2.04. The second kappa shape index (κ2) is 4.62. The maximum absolute atomic E-state index is 11.1. The number of primary amides is 1. The molecule has 0 bridgehead atoms. The molecule has 0 saturated heterocycles. The average molecular weight is 204 g/mol. The molecule has 1 rings (SSSR count). The summed E-state index contributed by atoms with van der Waals surface area (Å²) in [7, 11) is 0. The minimum absolute atomic E-state index is 0.326. The van der Waals surface area contributed by atoms with E-state index < -0.39 is 11.9 Å². The third-order valence-corrected chi connectivity index (χ3v) is 1.58. The van der Waals surface area contributed by atoms with Crippen LogP contribution in [0, 0.1) is 11.5 Å². The number of urea groups is 1. The average Bonchev–Trinajstić information content (AvgIpc) is 2.18. The van der Waals surface area contributed by atoms with Crippen LogP contribution in [0.2, 0.25) is 0 Å². The molecule has 0 spiro atoms. The van der Waals surface area contributed by atoms with Crippen molar-refractivity contribution in [2.24, 2.45) is 5.73 Å². The zero-order valence-corrected chi connectivity index (χ0v) is 7.65. The van der Waals surface area contributed by atoms with Crippen LogP contribution in [0.1, 0.15) is 10.4 Å². The topological polar surface area (TPSA) is 108 Å². The quantitative estimate of drug-likeness (QED) is 0.478. The van der Waals surface area contributed by atoms with Crippen molar-refractivity contribution < 1.29 is 9.59 Å². The van der Waals surface area contributed by atoms with Gasteiger partial charge in [0.1, 0.15) is 0 Å². The Morgan fingerprint density at radius 2 is 1.87 bits per heavy atom. The first-order chi connectivity index (χ1) is 7.13. The van der Waals surface area contributed by atoms with Gasteiger partial charge in [-0.2, -0.15) is 5.26 Å². The summed E-state index contributed by atoms with van der Waals surface area (Å²) in [5.74, 6) is -0.497. The van der Waals surface area contributed by atoms with Gasteiger partial charge < -0.3 is 11.1 Å². The van der Waals surface area contributed by atoms with E-state index in [1.165, 1.54) is 30.5 Å². The summed E-state index contributed by atoms with van der Waals surface area (Å²) in [6.07, 6.45) is 1.52. The number of nitrogens with zero attached hydrogens (tertiary/aromatic N) is 1. The summed E-state index contributed by atoms with van der Waals surface area (Å²) in [6.45, 7) is 0. The molecule has 0 aliphatic carbocycles. The van der Waals surface area contributed by atoms with Crippen molar-refractivity contribution in [3.63, 3.8) is 0 Å². The van der Waals surface area contributed by atoms with Crippen molar-refractivity contribution in [1.82, 2.24) is 5.32 Å². The Bertz CT molecular complexity index is 419. The van der Waals surface area contributed by atoms with Gasteiger partial charge in [0.2, 0.25) is 0 Å². The zero-order chi connectivity index (χ0) is 11.3. The van der Waals surface area contributed by atoms with Crippen LogP contribution in [0.3, 0.4) is 0 Å². The van der Waals surface area contributed by atoms with Crippen molar-refractivity contribution in [3.8, 4) is 6.19 Å². The molecular weight excluding hydrogens is 196 g/mol. The monoisotopic (exact) mass is 204 g/mol. The molecule has 0 aliphatic rings. The molecule has 6 heteroatoms. The summed E-state index contributed by atoms with van der Waals surface area (Å²) in [4.78, 5) is 21.6. The molecule has 0 aromatic heterocycles. The lowest BCUT2D eigenvalue weighted by molar-refractivity contribution is 0.0973. The fraction of sp³-hybridized carbons (Fsp3) is 0. The number of nitrogens with two attached hydrogens (primary N) is 1. The van der Waals surface area contributed by atoms with E-state index in [0.717, 1.165) is 0 Å². The van der Waals surface area contributed by atoms with Crippen LogP contribution < -0.4 is 16.4 Å². The molecule has 1 aromatic rings. The largest absolute Gasteiger partial charge is 0.351 e. The molecule has 1 aromatic carbocycles. The second-order valence-electron chi connectivity index (χ2n) is 2.63. The number of benzene rings is 1. The molecule has 3 amide bonds. The van der Waals surface area contributed by atoms with E-state index in [0.29, 0.717) is 11.3 Å². The first-order valence-electron chi connectivity index (χ1n) is 3.99. The molecule has 0 saturated carbocycles. The zero-order valence-electron chi connectivity index (χ0n) is 7.65. The number of carbonyl (C=O) groups excluding carboxylic acids is 2. The lowest BCUT2D eigenvalue weighted by Crippen LogP contribution is -2.20. The Balaban J connectivity index is 2.77. The molecule has 0 atom stereocenters. The first-order valence-corrected chi connectivity index (χ1v) is 3.99. The van der Waals surface area contributed by atoms with Gasteiger partial charge >= 0.3 is 6.03 Å². The molecule has 0 unspecified atom stereocenters. The van der Waals surface area contributed by atoms with Gasteiger partial charge in [0.05, 0.1) is 0 Å². The maximum Gasteiger partial charge on any atom is 0.316 e. The van der Waals surface area contributed by atoms with Gasteiger partial charge in [-0.3, -0.25) is 10.1 Å². The molecule has 0 fully saturated rings. The van der Waals surface area contributed by atoms with Crippen LogP contribution in [0.15, 0.2) is 24.3 Å². The highest BCUT2D eigenvalue weighted by molar-refractivity contribution is 5.96. The number of rotatable bonds is 2. The van der Waals surface area contributed by atoms with E-state index in [4.69, 9.17) is 11.0 Å². The summed E-state index contributed by atoms with van der Waals surface area (Å²) >= 11 is 0. The number of amides is 3. The van der Waals surface area contributed by atoms with Crippen molar-refractivity contribution in [2.75, 3.05) is 5.32 Å². The third-order valence-electron chi connectivity index (χ3n) is 1.58. The maximum atomic E-state index is 11.1. The van der Waals surface area contributed by atoms with Crippen LogP contribution in [0.4, 0.5) is 10.5 Å². The van der Waals surface area contributed by atoms with Crippen molar-refractivity contribution in [3.05, 3.63) is 29.8 Å². The Kier molecular flexibility index (Phi) is 3.24. The van der Waals surface area contributed by atoms with Gasteiger partial charge in [-0.15, -0.1) is 0 Å². The number of nitriles is 1. The van der Waals surface area contributed by atoms with Gasteiger partial charge in [-0.05, 0) is 24.3 Å². The molecule has 0 radical (unpaired) electrons. The predicted octanol–water partition coefficient (Wildman–Crippen LogP) is 0.388. The van der Waals surface area contributed by atoms with Crippen LogP contribution in [0.5, 0.6) is 0 Å². The van der Waals surface area contributed by atoms with Gasteiger partial charge in [0.25, 0.3) is 5.91 Å². The van der Waals surface area contributed by atoms with E-state index in [1.54, 1.807) is 0 Å². The Morgan fingerprint density at radius 1 is 1.27 bits per heavy atom. The molecular formula is C9H8N4O2. The molecule has 0 heterocycles. The number of hydrogen-bond donors (Lipinski definition) is 3. The highest BCUT2D eigenvalue weighted by Crippen LogP contribution is 2.08.